The summed E-state index contributed by atoms with van der Waals surface area (Å²) < 4.78 is 6.64. The molecule has 0 radical (unpaired) electrons. The molecule has 0 N–H and O–H groups in total. The van der Waals surface area contributed by atoms with E-state index in [9.17, 15) is 9.59 Å². The van der Waals surface area contributed by atoms with Gasteiger partial charge in [-0.05, 0) is 45.0 Å². The number of ether oxygens (including phenoxy) is 1. The van der Waals surface area contributed by atoms with E-state index in [-0.39, 0.29) is 11.1 Å². The molecule has 1 fully saturated rings. The molecule has 1 aromatic heterocycles. The molecule has 0 bridgehead atoms. The Labute approximate surface area is 173 Å². The number of nitrogens with zero attached hydrogens (tertiary/aromatic N) is 4. The summed E-state index contributed by atoms with van der Waals surface area (Å²) in [6, 6.07) is 6.77. The standard InChI is InChI=1S/C19H22Cl2N4O3/c1-19(2,3)28-18(27)24-10-8-23(9-11-24)15-12-22-25(17(26)16(15)21)14-6-4-13(20)5-7-14/h4-7,12H,8-11H2,1-3H3. The summed E-state index contributed by atoms with van der Waals surface area (Å²) in [5, 5.41) is 4.91. The summed E-state index contributed by atoms with van der Waals surface area (Å²) in [6.07, 6.45) is 1.23. The molecule has 1 aliphatic heterocycles. The predicted molar refractivity (Wildman–Crippen MR) is 110 cm³/mol. The van der Waals surface area contributed by atoms with Gasteiger partial charge in [-0.25, -0.2) is 4.79 Å². The number of anilines is 1. The van der Waals surface area contributed by atoms with Crippen LogP contribution >= 0.6 is 23.2 Å². The lowest BCUT2D eigenvalue weighted by atomic mass is 10.2. The van der Waals surface area contributed by atoms with Crippen LogP contribution in [-0.2, 0) is 4.74 Å². The lowest BCUT2D eigenvalue weighted by Crippen LogP contribution is -2.50. The molecule has 2 heterocycles. The molecule has 28 heavy (non-hydrogen) atoms. The lowest BCUT2D eigenvalue weighted by molar-refractivity contribution is 0.0240. The fourth-order valence-electron chi connectivity index (χ4n) is 2.87. The van der Waals surface area contributed by atoms with Gasteiger partial charge in [0, 0.05) is 31.2 Å². The molecule has 3 rings (SSSR count). The molecular formula is C19H22Cl2N4O3. The average molecular weight is 425 g/mol. The molecule has 1 saturated heterocycles. The van der Waals surface area contributed by atoms with Crippen LogP contribution in [0.2, 0.25) is 10.0 Å². The van der Waals surface area contributed by atoms with Gasteiger partial charge in [0.1, 0.15) is 10.6 Å². The van der Waals surface area contributed by atoms with Gasteiger partial charge in [-0.15, -0.1) is 0 Å². The van der Waals surface area contributed by atoms with E-state index in [1.165, 1.54) is 4.68 Å². The summed E-state index contributed by atoms with van der Waals surface area (Å²) in [5.41, 5.74) is 0.197. The number of piperazine rings is 1. The number of halogens is 2. The molecule has 1 amide bonds. The number of benzene rings is 1. The Hall–Kier alpha value is -2.25. The first kappa shape index (κ1) is 20.5. The van der Waals surface area contributed by atoms with Crippen LogP contribution in [0.1, 0.15) is 20.8 Å². The smallest absolute Gasteiger partial charge is 0.410 e. The first-order chi connectivity index (χ1) is 13.2. The van der Waals surface area contributed by atoms with E-state index >= 15 is 0 Å². The Balaban J connectivity index is 1.74. The number of carbonyl (C=O) groups excluding carboxylic acids is 1. The van der Waals surface area contributed by atoms with Crippen molar-refractivity contribution < 1.29 is 9.53 Å². The van der Waals surface area contributed by atoms with Crippen molar-refractivity contribution in [3.8, 4) is 5.69 Å². The van der Waals surface area contributed by atoms with Gasteiger partial charge in [0.05, 0.1) is 17.6 Å². The van der Waals surface area contributed by atoms with Gasteiger partial charge in [-0.1, -0.05) is 23.2 Å². The number of hydrogen-bond acceptors (Lipinski definition) is 5. The predicted octanol–water partition coefficient (Wildman–Crippen LogP) is 3.60. The first-order valence-corrected chi connectivity index (χ1v) is 9.68. The third-order valence-electron chi connectivity index (χ3n) is 4.24. The zero-order valence-electron chi connectivity index (χ0n) is 16.0. The Morgan fingerprint density at radius 1 is 1.07 bits per heavy atom. The Bertz CT molecular complexity index is 914. The summed E-state index contributed by atoms with van der Waals surface area (Å²) in [5.74, 6) is 0. The molecule has 0 spiro atoms. The molecule has 0 aliphatic carbocycles. The van der Waals surface area contributed by atoms with E-state index in [0.717, 1.165) is 0 Å². The Kier molecular flexibility index (Phi) is 5.86. The van der Waals surface area contributed by atoms with E-state index < -0.39 is 11.2 Å². The highest BCUT2D eigenvalue weighted by molar-refractivity contribution is 6.33. The van der Waals surface area contributed by atoms with Gasteiger partial charge in [-0.2, -0.15) is 9.78 Å². The normalized spacial score (nSPS) is 14.9. The molecule has 1 aromatic carbocycles. The molecule has 0 atom stereocenters. The third-order valence-corrected chi connectivity index (χ3v) is 4.85. The minimum Gasteiger partial charge on any atom is -0.444 e. The van der Waals surface area contributed by atoms with Gasteiger partial charge in [0.15, 0.2) is 0 Å². The number of amides is 1. The van der Waals surface area contributed by atoms with Crippen LogP contribution in [0.15, 0.2) is 35.3 Å². The van der Waals surface area contributed by atoms with Crippen molar-refractivity contribution in [3.63, 3.8) is 0 Å². The largest absolute Gasteiger partial charge is 0.444 e. The maximum Gasteiger partial charge on any atom is 0.410 e. The second-order valence-corrected chi connectivity index (χ2v) is 8.31. The Morgan fingerprint density at radius 2 is 1.68 bits per heavy atom. The van der Waals surface area contributed by atoms with Crippen molar-refractivity contribution in [1.82, 2.24) is 14.7 Å². The summed E-state index contributed by atoms with van der Waals surface area (Å²) >= 11 is 12.2. The highest BCUT2D eigenvalue weighted by Crippen LogP contribution is 2.24. The lowest BCUT2D eigenvalue weighted by Gasteiger charge is -2.36. The maximum absolute atomic E-state index is 12.7. The zero-order valence-corrected chi connectivity index (χ0v) is 17.5. The van der Waals surface area contributed by atoms with Crippen LogP contribution in [0.4, 0.5) is 10.5 Å². The van der Waals surface area contributed by atoms with Gasteiger partial charge >= 0.3 is 6.09 Å². The van der Waals surface area contributed by atoms with E-state index in [2.05, 4.69) is 5.10 Å². The van der Waals surface area contributed by atoms with Crippen molar-refractivity contribution in [1.29, 1.82) is 0 Å². The monoisotopic (exact) mass is 424 g/mol. The first-order valence-electron chi connectivity index (χ1n) is 8.92. The molecule has 9 heteroatoms. The van der Waals surface area contributed by atoms with Crippen LogP contribution in [0.5, 0.6) is 0 Å². The third kappa shape index (κ3) is 4.59. The van der Waals surface area contributed by atoms with Crippen LogP contribution in [0.3, 0.4) is 0 Å². The van der Waals surface area contributed by atoms with Crippen molar-refractivity contribution in [2.24, 2.45) is 0 Å². The minimum absolute atomic E-state index is 0.0932. The molecule has 7 nitrogen and oxygen atoms in total. The topological polar surface area (TPSA) is 67.7 Å². The molecular weight excluding hydrogens is 403 g/mol. The van der Waals surface area contributed by atoms with Crippen molar-refractivity contribution >= 4 is 35.0 Å². The second-order valence-electron chi connectivity index (χ2n) is 7.49. The van der Waals surface area contributed by atoms with E-state index in [0.29, 0.717) is 42.6 Å². The van der Waals surface area contributed by atoms with Gasteiger partial charge < -0.3 is 14.5 Å². The highest BCUT2D eigenvalue weighted by Gasteiger charge is 2.27. The van der Waals surface area contributed by atoms with Gasteiger partial charge in [0.2, 0.25) is 0 Å². The van der Waals surface area contributed by atoms with Gasteiger partial charge in [-0.3, -0.25) is 4.79 Å². The molecule has 0 unspecified atom stereocenters. The quantitative estimate of drug-likeness (QED) is 0.736. The number of rotatable bonds is 2. The number of carbonyl (C=O) groups is 1. The van der Waals surface area contributed by atoms with Crippen molar-refractivity contribution in [2.75, 3.05) is 31.1 Å². The molecule has 150 valence electrons. The Morgan fingerprint density at radius 3 is 2.25 bits per heavy atom. The van der Waals surface area contributed by atoms with Crippen molar-refractivity contribution in [2.45, 2.75) is 26.4 Å². The van der Waals surface area contributed by atoms with Crippen LogP contribution in [-0.4, -0.2) is 52.6 Å². The fraction of sp³-hybridized carbons (Fsp3) is 0.421. The fourth-order valence-corrected chi connectivity index (χ4v) is 3.24. The maximum atomic E-state index is 12.7. The summed E-state index contributed by atoms with van der Waals surface area (Å²) in [4.78, 5) is 28.5. The van der Waals surface area contributed by atoms with Crippen molar-refractivity contribution in [3.05, 3.63) is 50.9 Å². The zero-order chi connectivity index (χ0) is 20.5. The van der Waals surface area contributed by atoms with Crippen LogP contribution < -0.4 is 10.5 Å². The SMILES string of the molecule is CC(C)(C)OC(=O)N1CCN(c2cnn(-c3ccc(Cl)cc3)c(=O)c2Cl)CC1. The molecule has 1 aliphatic rings. The average Bonchev–Trinajstić information content (AvgIpc) is 2.64. The van der Waals surface area contributed by atoms with E-state index in [1.807, 2.05) is 25.7 Å². The highest BCUT2D eigenvalue weighted by atomic mass is 35.5. The van der Waals surface area contributed by atoms with Gasteiger partial charge in [0.25, 0.3) is 5.56 Å². The van der Waals surface area contributed by atoms with E-state index in [4.69, 9.17) is 27.9 Å². The molecule has 0 saturated carbocycles. The van der Waals surface area contributed by atoms with E-state index in [1.54, 1.807) is 35.4 Å². The molecule has 2 aromatic rings. The number of hydrogen-bond donors (Lipinski definition) is 0. The van der Waals surface area contributed by atoms with Crippen LogP contribution in [0.25, 0.3) is 5.69 Å². The summed E-state index contributed by atoms with van der Waals surface area (Å²) in [6.45, 7) is 7.53. The van der Waals surface area contributed by atoms with Crippen LogP contribution in [0, 0.1) is 0 Å². The minimum atomic E-state index is -0.534. The summed E-state index contributed by atoms with van der Waals surface area (Å²) in [7, 11) is 0. The second kappa shape index (κ2) is 8.01. The number of aromatic nitrogens is 2.